The Morgan fingerprint density at radius 2 is 2.25 bits per heavy atom. The number of carbonyl (C=O) groups is 3. The summed E-state index contributed by atoms with van der Waals surface area (Å²) in [5, 5.41) is 11.5. The summed E-state index contributed by atoms with van der Waals surface area (Å²) in [7, 11) is 0. The number of carboxylic acid groups (broad SMARTS) is 1. The van der Waals surface area contributed by atoms with Gasteiger partial charge in [-0.15, -0.1) is 0 Å². The minimum atomic E-state index is -1.11. The highest BCUT2D eigenvalue weighted by molar-refractivity contribution is 5.91. The van der Waals surface area contributed by atoms with Crippen LogP contribution in [0.5, 0.6) is 0 Å². The summed E-state index contributed by atoms with van der Waals surface area (Å²) in [5.74, 6) is -1.80. The molecule has 0 spiro atoms. The van der Waals surface area contributed by atoms with Gasteiger partial charge in [-0.3, -0.25) is 14.6 Å². The molecule has 1 unspecified atom stereocenters. The number of nitrogens with zero attached hydrogens (tertiary/aromatic N) is 2. The van der Waals surface area contributed by atoms with E-state index in [1.807, 2.05) is 6.07 Å². The largest absolute Gasteiger partial charge is 0.480 e. The first kappa shape index (κ1) is 14.0. The van der Waals surface area contributed by atoms with Crippen LogP contribution in [0.2, 0.25) is 0 Å². The van der Waals surface area contributed by atoms with Crippen molar-refractivity contribution in [1.82, 2.24) is 15.2 Å². The quantitative estimate of drug-likeness (QED) is 0.767. The van der Waals surface area contributed by atoms with Gasteiger partial charge in [0.1, 0.15) is 12.6 Å². The van der Waals surface area contributed by atoms with Gasteiger partial charge < -0.3 is 15.3 Å². The molecule has 106 valence electrons. The van der Waals surface area contributed by atoms with Crippen LogP contribution in [0.1, 0.15) is 12.1 Å². The second-order valence-corrected chi connectivity index (χ2v) is 4.50. The predicted molar refractivity (Wildman–Crippen MR) is 68.7 cm³/mol. The van der Waals surface area contributed by atoms with Crippen LogP contribution in [0.4, 0.5) is 0 Å². The summed E-state index contributed by atoms with van der Waals surface area (Å²) >= 11 is 0. The fraction of sp³-hybridized carbons (Fsp3) is 0.385. The van der Waals surface area contributed by atoms with E-state index in [-0.39, 0.29) is 31.3 Å². The zero-order chi connectivity index (χ0) is 14.5. The minimum Gasteiger partial charge on any atom is -0.480 e. The number of piperazine rings is 1. The number of amides is 2. The lowest BCUT2D eigenvalue weighted by Gasteiger charge is -2.32. The Bertz CT molecular complexity index is 518. The second kappa shape index (κ2) is 6.14. The molecule has 1 fully saturated rings. The Balaban J connectivity index is 1.98. The lowest BCUT2D eigenvalue weighted by atomic mass is 10.1. The number of carboxylic acids is 1. The van der Waals surface area contributed by atoms with Crippen molar-refractivity contribution in [3.8, 4) is 0 Å². The maximum absolute atomic E-state index is 12.1. The summed E-state index contributed by atoms with van der Waals surface area (Å²) in [6, 6.07) is 4.40. The predicted octanol–water partition coefficient (Wildman–Crippen LogP) is -0.574. The number of carbonyl (C=O) groups excluding carboxylic acids is 2. The average molecular weight is 277 g/mol. The number of aromatic nitrogens is 1. The Hall–Kier alpha value is -2.44. The first-order valence-corrected chi connectivity index (χ1v) is 6.27. The molecule has 2 amide bonds. The Morgan fingerprint density at radius 1 is 1.45 bits per heavy atom. The number of hydrogen-bond acceptors (Lipinski definition) is 4. The van der Waals surface area contributed by atoms with Crippen LogP contribution < -0.4 is 5.32 Å². The SMILES string of the molecule is O=C1CN(C(=O)CCc2ccccn2)C(C(=O)O)CN1. The molecule has 0 saturated carbocycles. The molecule has 0 bridgehead atoms. The molecule has 1 atom stereocenters. The number of pyridine rings is 1. The van der Waals surface area contributed by atoms with Gasteiger partial charge in [0.25, 0.3) is 0 Å². The lowest BCUT2D eigenvalue weighted by molar-refractivity contribution is -0.154. The normalized spacial score (nSPS) is 18.5. The van der Waals surface area contributed by atoms with E-state index in [9.17, 15) is 14.4 Å². The average Bonchev–Trinajstić information content (AvgIpc) is 2.45. The van der Waals surface area contributed by atoms with E-state index in [0.29, 0.717) is 6.42 Å². The van der Waals surface area contributed by atoms with Gasteiger partial charge in [-0.05, 0) is 18.6 Å². The van der Waals surface area contributed by atoms with Gasteiger partial charge in [0.2, 0.25) is 11.8 Å². The molecule has 1 aromatic rings. The maximum Gasteiger partial charge on any atom is 0.328 e. The molecule has 0 aliphatic carbocycles. The molecule has 2 N–H and O–H groups in total. The van der Waals surface area contributed by atoms with E-state index in [0.717, 1.165) is 10.6 Å². The Morgan fingerprint density at radius 3 is 2.90 bits per heavy atom. The summed E-state index contributed by atoms with van der Waals surface area (Å²) < 4.78 is 0. The van der Waals surface area contributed by atoms with Gasteiger partial charge in [0.15, 0.2) is 0 Å². The molecule has 0 aromatic carbocycles. The fourth-order valence-corrected chi connectivity index (χ4v) is 2.05. The van der Waals surface area contributed by atoms with Crippen molar-refractivity contribution in [2.75, 3.05) is 13.1 Å². The zero-order valence-corrected chi connectivity index (χ0v) is 10.8. The first-order valence-electron chi connectivity index (χ1n) is 6.27. The Kier molecular flexibility index (Phi) is 4.29. The topological polar surface area (TPSA) is 99.6 Å². The number of hydrogen-bond donors (Lipinski definition) is 2. The standard InChI is InChI=1S/C13H15N3O4/c17-11-8-16(10(7-15-11)13(19)20)12(18)5-4-9-3-1-2-6-14-9/h1-3,6,10H,4-5,7-8H2,(H,15,17)(H,19,20). The molecular weight excluding hydrogens is 262 g/mol. The van der Waals surface area contributed by atoms with Gasteiger partial charge in [-0.1, -0.05) is 6.07 Å². The third kappa shape index (κ3) is 3.31. The molecule has 1 aliphatic rings. The van der Waals surface area contributed by atoms with E-state index in [2.05, 4.69) is 10.3 Å². The van der Waals surface area contributed by atoms with Crippen molar-refractivity contribution in [3.63, 3.8) is 0 Å². The number of aryl methyl sites for hydroxylation is 1. The minimum absolute atomic E-state index is 0.0521. The monoisotopic (exact) mass is 277 g/mol. The molecule has 1 aromatic heterocycles. The molecule has 20 heavy (non-hydrogen) atoms. The highest BCUT2D eigenvalue weighted by atomic mass is 16.4. The highest BCUT2D eigenvalue weighted by Gasteiger charge is 2.34. The van der Waals surface area contributed by atoms with E-state index in [4.69, 9.17) is 5.11 Å². The molecule has 7 heteroatoms. The fourth-order valence-electron chi connectivity index (χ4n) is 2.05. The van der Waals surface area contributed by atoms with Gasteiger partial charge in [0.05, 0.1) is 0 Å². The van der Waals surface area contributed by atoms with Gasteiger partial charge in [-0.25, -0.2) is 4.79 Å². The van der Waals surface area contributed by atoms with Crippen molar-refractivity contribution in [1.29, 1.82) is 0 Å². The van der Waals surface area contributed by atoms with E-state index in [1.165, 1.54) is 0 Å². The summed E-state index contributed by atoms with van der Waals surface area (Å²) in [6.45, 7) is -0.262. The maximum atomic E-state index is 12.1. The summed E-state index contributed by atoms with van der Waals surface area (Å²) in [6.07, 6.45) is 2.19. The van der Waals surface area contributed by atoms with Crippen LogP contribution in [0, 0.1) is 0 Å². The van der Waals surface area contributed by atoms with Crippen LogP contribution in [0.25, 0.3) is 0 Å². The van der Waals surface area contributed by atoms with Crippen molar-refractivity contribution >= 4 is 17.8 Å². The molecule has 2 rings (SSSR count). The van der Waals surface area contributed by atoms with Crippen molar-refractivity contribution in [3.05, 3.63) is 30.1 Å². The van der Waals surface area contributed by atoms with Crippen molar-refractivity contribution in [2.24, 2.45) is 0 Å². The molecule has 1 saturated heterocycles. The molecule has 2 heterocycles. The summed E-state index contributed by atoms with van der Waals surface area (Å²) in [4.78, 5) is 39.7. The van der Waals surface area contributed by atoms with E-state index < -0.39 is 12.0 Å². The summed E-state index contributed by atoms with van der Waals surface area (Å²) in [5.41, 5.74) is 0.759. The third-order valence-electron chi connectivity index (χ3n) is 3.11. The van der Waals surface area contributed by atoms with E-state index in [1.54, 1.807) is 18.3 Å². The van der Waals surface area contributed by atoms with Crippen molar-refractivity contribution in [2.45, 2.75) is 18.9 Å². The van der Waals surface area contributed by atoms with Gasteiger partial charge in [-0.2, -0.15) is 0 Å². The van der Waals surface area contributed by atoms with Crippen LogP contribution in [0.15, 0.2) is 24.4 Å². The Labute approximate surface area is 115 Å². The molecular formula is C13H15N3O4. The molecule has 7 nitrogen and oxygen atoms in total. The smallest absolute Gasteiger partial charge is 0.328 e. The van der Waals surface area contributed by atoms with E-state index >= 15 is 0 Å². The van der Waals surface area contributed by atoms with Crippen LogP contribution in [-0.2, 0) is 20.8 Å². The lowest BCUT2D eigenvalue weighted by Crippen LogP contribution is -2.59. The number of rotatable bonds is 4. The zero-order valence-electron chi connectivity index (χ0n) is 10.8. The molecule has 1 aliphatic heterocycles. The second-order valence-electron chi connectivity index (χ2n) is 4.50. The van der Waals surface area contributed by atoms with Gasteiger partial charge in [0, 0.05) is 24.9 Å². The molecule has 0 radical (unpaired) electrons. The van der Waals surface area contributed by atoms with Crippen LogP contribution >= 0.6 is 0 Å². The first-order chi connectivity index (χ1) is 9.58. The van der Waals surface area contributed by atoms with Crippen LogP contribution in [-0.4, -0.2) is 51.9 Å². The number of aliphatic carboxylic acids is 1. The van der Waals surface area contributed by atoms with Gasteiger partial charge >= 0.3 is 5.97 Å². The van der Waals surface area contributed by atoms with Crippen LogP contribution in [0.3, 0.4) is 0 Å². The highest BCUT2D eigenvalue weighted by Crippen LogP contribution is 2.09. The van der Waals surface area contributed by atoms with Crippen molar-refractivity contribution < 1.29 is 19.5 Å². The third-order valence-corrected chi connectivity index (χ3v) is 3.11. The number of nitrogens with one attached hydrogen (secondary N) is 1.